The number of phenolic OH excluding ortho intramolecular Hbond substituents is 1. The number of carbonyl (C=O) groups is 1. The van der Waals surface area contributed by atoms with Crippen molar-refractivity contribution in [2.45, 2.75) is 32.6 Å². The van der Waals surface area contributed by atoms with E-state index in [0.717, 1.165) is 42.5 Å². The van der Waals surface area contributed by atoms with Crippen molar-refractivity contribution < 1.29 is 9.90 Å². The van der Waals surface area contributed by atoms with E-state index in [1.54, 1.807) is 12.1 Å². The summed E-state index contributed by atoms with van der Waals surface area (Å²) in [5.74, 6) is 0.807. The highest BCUT2D eigenvalue weighted by Gasteiger charge is 2.26. The number of fused-ring (bicyclic) bond motifs is 1. The molecule has 1 fully saturated rings. The average molecular weight is 360 g/mol. The number of rotatable bonds is 2. The molecule has 1 saturated heterocycles. The van der Waals surface area contributed by atoms with E-state index in [-0.39, 0.29) is 5.91 Å². The number of likely N-dealkylation sites (tertiary alicyclic amines) is 1. The predicted octanol–water partition coefficient (Wildman–Crippen LogP) is 4.58. The second kappa shape index (κ2) is 7.03. The van der Waals surface area contributed by atoms with Crippen LogP contribution in [0.2, 0.25) is 0 Å². The van der Waals surface area contributed by atoms with Gasteiger partial charge >= 0.3 is 0 Å². The monoisotopic (exact) mass is 360 g/mol. The molecule has 0 radical (unpaired) electrons. The van der Waals surface area contributed by atoms with Crippen molar-refractivity contribution >= 4 is 16.8 Å². The Morgan fingerprint density at radius 2 is 1.74 bits per heavy atom. The molecule has 1 N–H and O–H groups in total. The number of carbonyl (C=O) groups excluding carboxylic acids is 1. The lowest BCUT2D eigenvalue weighted by Gasteiger charge is -2.32. The van der Waals surface area contributed by atoms with E-state index in [2.05, 4.69) is 18.0 Å². The lowest BCUT2D eigenvalue weighted by molar-refractivity contribution is 0.0712. The molecule has 0 bridgehead atoms. The summed E-state index contributed by atoms with van der Waals surface area (Å²) in [6.07, 6.45) is 1.88. The molecule has 0 aliphatic carbocycles. The quantitative estimate of drug-likeness (QED) is 0.728. The van der Waals surface area contributed by atoms with Gasteiger partial charge in [0, 0.05) is 18.5 Å². The van der Waals surface area contributed by atoms with Gasteiger partial charge in [-0.1, -0.05) is 23.8 Å². The third kappa shape index (κ3) is 3.52. The normalized spacial score (nSPS) is 15.3. The number of phenols is 1. The highest BCUT2D eigenvalue weighted by molar-refractivity contribution is 5.98. The highest BCUT2D eigenvalue weighted by Crippen LogP contribution is 2.30. The summed E-state index contributed by atoms with van der Waals surface area (Å²) >= 11 is 0. The van der Waals surface area contributed by atoms with Crippen LogP contribution in [0, 0.1) is 13.8 Å². The lowest BCUT2D eigenvalue weighted by atomic mass is 9.89. The summed E-state index contributed by atoms with van der Waals surface area (Å²) in [5, 5.41) is 10.5. The fourth-order valence-electron chi connectivity index (χ4n) is 3.94. The Bertz CT molecular complexity index is 987. The van der Waals surface area contributed by atoms with Crippen molar-refractivity contribution in [2.24, 2.45) is 0 Å². The van der Waals surface area contributed by atoms with Crippen molar-refractivity contribution in [3.63, 3.8) is 0 Å². The van der Waals surface area contributed by atoms with Crippen LogP contribution in [0.15, 0.2) is 48.5 Å². The zero-order valence-corrected chi connectivity index (χ0v) is 15.8. The van der Waals surface area contributed by atoms with Crippen molar-refractivity contribution in [1.82, 2.24) is 9.88 Å². The van der Waals surface area contributed by atoms with E-state index < -0.39 is 0 Å². The molecule has 0 unspecified atom stereocenters. The fraction of sp³-hybridized carbons (Fsp3) is 0.304. The zero-order chi connectivity index (χ0) is 19.0. The van der Waals surface area contributed by atoms with Gasteiger partial charge in [-0.25, -0.2) is 0 Å². The smallest absolute Gasteiger partial charge is 0.255 e. The Hall–Kier alpha value is -2.88. The second-order valence-corrected chi connectivity index (χ2v) is 7.48. The molecule has 0 saturated carbocycles. The molecular weight excluding hydrogens is 336 g/mol. The maximum atomic E-state index is 13.1. The molecular formula is C23H24N2O2. The second-order valence-electron chi connectivity index (χ2n) is 7.48. The minimum absolute atomic E-state index is 0.0764. The molecule has 0 atom stereocenters. The maximum Gasteiger partial charge on any atom is 0.255 e. The van der Waals surface area contributed by atoms with Crippen LogP contribution in [-0.2, 0) is 0 Å². The summed E-state index contributed by atoms with van der Waals surface area (Å²) in [7, 11) is 0. The van der Waals surface area contributed by atoms with Gasteiger partial charge < -0.3 is 10.0 Å². The molecule has 4 heteroatoms. The molecule has 1 aliphatic rings. The first kappa shape index (κ1) is 17.5. The van der Waals surface area contributed by atoms with Crippen LogP contribution in [0.3, 0.4) is 0 Å². The summed E-state index contributed by atoms with van der Waals surface area (Å²) in [5.41, 5.74) is 4.83. The molecule has 27 heavy (non-hydrogen) atoms. The largest absolute Gasteiger partial charge is 0.508 e. The van der Waals surface area contributed by atoms with Gasteiger partial charge in [-0.05, 0) is 68.5 Å². The number of hydrogen-bond donors (Lipinski definition) is 1. The topological polar surface area (TPSA) is 53.4 Å². The van der Waals surface area contributed by atoms with Crippen LogP contribution in [0.4, 0.5) is 0 Å². The van der Waals surface area contributed by atoms with Crippen LogP contribution in [0.1, 0.15) is 45.9 Å². The number of aromatic hydroxyl groups is 1. The van der Waals surface area contributed by atoms with E-state index >= 15 is 0 Å². The summed E-state index contributed by atoms with van der Waals surface area (Å²) in [4.78, 5) is 19.7. The number of pyridine rings is 1. The molecule has 3 aromatic rings. The third-order valence-corrected chi connectivity index (χ3v) is 5.54. The number of benzene rings is 2. The Kier molecular flexibility index (Phi) is 4.56. The fourth-order valence-corrected chi connectivity index (χ4v) is 3.94. The first-order valence-electron chi connectivity index (χ1n) is 9.47. The number of aryl methyl sites for hydroxylation is 2. The summed E-state index contributed by atoms with van der Waals surface area (Å²) in [6, 6.07) is 15.6. The Morgan fingerprint density at radius 1 is 1.04 bits per heavy atom. The van der Waals surface area contributed by atoms with Gasteiger partial charge in [-0.3, -0.25) is 9.78 Å². The minimum atomic E-state index is 0.0764. The zero-order valence-electron chi connectivity index (χ0n) is 15.8. The van der Waals surface area contributed by atoms with E-state index in [1.807, 2.05) is 42.2 Å². The summed E-state index contributed by atoms with van der Waals surface area (Å²) in [6.45, 7) is 5.45. The van der Waals surface area contributed by atoms with Crippen molar-refractivity contribution in [1.29, 1.82) is 0 Å². The maximum absolute atomic E-state index is 13.1. The van der Waals surface area contributed by atoms with Gasteiger partial charge in [0.15, 0.2) is 0 Å². The molecule has 2 heterocycles. The molecule has 0 spiro atoms. The molecule has 1 amide bonds. The molecule has 4 nitrogen and oxygen atoms in total. The van der Waals surface area contributed by atoms with Crippen molar-refractivity contribution in [3.8, 4) is 5.75 Å². The number of aromatic nitrogens is 1. The van der Waals surface area contributed by atoms with E-state index in [0.29, 0.717) is 17.2 Å². The van der Waals surface area contributed by atoms with Gasteiger partial charge in [0.05, 0.1) is 16.8 Å². The summed E-state index contributed by atoms with van der Waals surface area (Å²) < 4.78 is 0. The average Bonchev–Trinajstić information content (AvgIpc) is 2.68. The number of piperidine rings is 1. The van der Waals surface area contributed by atoms with Gasteiger partial charge in [0.1, 0.15) is 5.75 Å². The van der Waals surface area contributed by atoms with Crippen LogP contribution in [0.25, 0.3) is 10.9 Å². The molecule has 138 valence electrons. The van der Waals surface area contributed by atoms with E-state index in [9.17, 15) is 9.90 Å². The Labute approximate surface area is 159 Å². The molecule has 1 aliphatic heterocycles. The van der Waals surface area contributed by atoms with E-state index in [1.165, 1.54) is 11.1 Å². The molecule has 2 aromatic carbocycles. The van der Waals surface area contributed by atoms with Gasteiger partial charge in [-0.2, -0.15) is 0 Å². The van der Waals surface area contributed by atoms with Gasteiger partial charge in [0.2, 0.25) is 0 Å². The number of hydrogen-bond acceptors (Lipinski definition) is 3. The number of amides is 1. The van der Waals surface area contributed by atoms with Crippen LogP contribution < -0.4 is 0 Å². The Morgan fingerprint density at radius 3 is 2.44 bits per heavy atom. The first-order chi connectivity index (χ1) is 13.0. The van der Waals surface area contributed by atoms with E-state index in [4.69, 9.17) is 0 Å². The lowest BCUT2D eigenvalue weighted by Crippen LogP contribution is -2.38. The first-order valence-corrected chi connectivity index (χ1v) is 9.47. The minimum Gasteiger partial charge on any atom is -0.508 e. The number of nitrogens with zero attached hydrogens (tertiary/aromatic N) is 2. The standard InChI is InChI=1S/C23H24N2O2/c1-15-3-8-22-19(13-15)14-21(16(2)24-22)23(27)25-11-9-18(10-12-25)17-4-6-20(26)7-5-17/h3-8,13-14,18,26H,9-12H2,1-2H3. The molecule has 4 rings (SSSR count). The van der Waals surface area contributed by atoms with Crippen LogP contribution >= 0.6 is 0 Å². The van der Waals surface area contributed by atoms with Crippen molar-refractivity contribution in [2.75, 3.05) is 13.1 Å². The van der Waals surface area contributed by atoms with Crippen molar-refractivity contribution in [3.05, 3.63) is 70.9 Å². The predicted molar refractivity (Wildman–Crippen MR) is 107 cm³/mol. The van der Waals surface area contributed by atoms with Crippen LogP contribution in [-0.4, -0.2) is 34.0 Å². The highest BCUT2D eigenvalue weighted by atomic mass is 16.3. The SMILES string of the molecule is Cc1ccc2nc(C)c(C(=O)N3CCC(c4ccc(O)cc4)CC3)cc2c1. The Balaban J connectivity index is 1.51. The van der Waals surface area contributed by atoms with Gasteiger partial charge in [0.25, 0.3) is 5.91 Å². The van der Waals surface area contributed by atoms with Gasteiger partial charge in [-0.15, -0.1) is 0 Å². The third-order valence-electron chi connectivity index (χ3n) is 5.54. The molecule has 1 aromatic heterocycles. The van der Waals surface area contributed by atoms with Crippen LogP contribution in [0.5, 0.6) is 5.75 Å².